The van der Waals surface area contributed by atoms with E-state index in [9.17, 15) is 4.79 Å². The third-order valence-electron chi connectivity index (χ3n) is 7.94. The predicted molar refractivity (Wildman–Crippen MR) is 164 cm³/mol. The van der Waals surface area contributed by atoms with Crippen molar-refractivity contribution < 1.29 is 4.79 Å². The SMILES string of the molecule is Cc1csc(C(=O)Nc2ccc(C3Cc4cnc(NCCCN5CCN(C)CC5)nc4-c4ccccc43)cc2)c1. The molecule has 8 heteroatoms. The van der Waals surface area contributed by atoms with Gasteiger partial charge in [-0.15, -0.1) is 11.3 Å². The largest absolute Gasteiger partial charge is 0.354 e. The molecule has 4 aromatic rings. The minimum Gasteiger partial charge on any atom is -0.354 e. The molecule has 0 bridgehead atoms. The fourth-order valence-corrected chi connectivity index (χ4v) is 6.43. The second-order valence-electron chi connectivity index (χ2n) is 10.9. The number of hydrogen-bond donors (Lipinski definition) is 2. The summed E-state index contributed by atoms with van der Waals surface area (Å²) in [6, 6.07) is 18.7. The molecule has 1 aliphatic heterocycles. The van der Waals surface area contributed by atoms with Crippen LogP contribution in [0.4, 0.5) is 11.6 Å². The molecule has 0 spiro atoms. The summed E-state index contributed by atoms with van der Waals surface area (Å²) in [6.45, 7) is 8.57. The average Bonchev–Trinajstić information content (AvgIpc) is 3.43. The smallest absolute Gasteiger partial charge is 0.265 e. The molecule has 206 valence electrons. The summed E-state index contributed by atoms with van der Waals surface area (Å²) in [4.78, 5) is 27.9. The Morgan fingerprint density at radius 3 is 2.65 bits per heavy atom. The zero-order valence-corrected chi connectivity index (χ0v) is 24.0. The number of hydrogen-bond acceptors (Lipinski definition) is 7. The highest BCUT2D eigenvalue weighted by Gasteiger charge is 2.27. The van der Waals surface area contributed by atoms with Crippen LogP contribution >= 0.6 is 11.3 Å². The van der Waals surface area contributed by atoms with E-state index in [-0.39, 0.29) is 11.8 Å². The molecule has 3 heterocycles. The number of aryl methyl sites for hydroxylation is 1. The van der Waals surface area contributed by atoms with Crippen LogP contribution in [0.2, 0.25) is 0 Å². The summed E-state index contributed by atoms with van der Waals surface area (Å²) in [5.74, 6) is 0.842. The molecule has 6 rings (SSSR count). The van der Waals surface area contributed by atoms with Crippen molar-refractivity contribution in [2.45, 2.75) is 25.7 Å². The maximum atomic E-state index is 12.6. The molecule has 1 fully saturated rings. The van der Waals surface area contributed by atoms with Crippen LogP contribution in [-0.2, 0) is 6.42 Å². The minimum absolute atomic E-state index is 0.0660. The number of piperazine rings is 1. The van der Waals surface area contributed by atoms with Crippen molar-refractivity contribution in [3.05, 3.63) is 93.3 Å². The molecular weight excluding hydrogens is 516 g/mol. The molecule has 2 N–H and O–H groups in total. The Hall–Kier alpha value is -3.59. The monoisotopic (exact) mass is 552 g/mol. The normalized spacial score (nSPS) is 17.2. The van der Waals surface area contributed by atoms with Crippen LogP contribution in [-0.4, -0.2) is 72.0 Å². The van der Waals surface area contributed by atoms with Gasteiger partial charge in [0, 0.05) is 56.1 Å². The first kappa shape index (κ1) is 26.6. The Labute approximate surface area is 240 Å². The van der Waals surface area contributed by atoms with E-state index in [1.54, 1.807) is 0 Å². The molecule has 40 heavy (non-hydrogen) atoms. The molecule has 1 amide bonds. The molecule has 1 unspecified atom stereocenters. The van der Waals surface area contributed by atoms with Gasteiger partial charge < -0.3 is 20.4 Å². The van der Waals surface area contributed by atoms with Crippen molar-refractivity contribution >= 4 is 28.9 Å². The number of benzene rings is 2. The van der Waals surface area contributed by atoms with Gasteiger partial charge in [-0.05, 0) is 79.2 Å². The van der Waals surface area contributed by atoms with Crippen LogP contribution in [0, 0.1) is 6.92 Å². The van der Waals surface area contributed by atoms with Crippen LogP contribution < -0.4 is 10.6 Å². The lowest BCUT2D eigenvalue weighted by molar-refractivity contribution is 0.103. The number of carbonyl (C=O) groups is 1. The Kier molecular flexibility index (Phi) is 7.91. The number of nitrogens with zero attached hydrogens (tertiary/aromatic N) is 4. The van der Waals surface area contributed by atoms with E-state index in [4.69, 9.17) is 4.98 Å². The molecular formula is C32H36N6OS. The van der Waals surface area contributed by atoms with E-state index in [0.29, 0.717) is 5.95 Å². The number of amides is 1. The Morgan fingerprint density at radius 2 is 1.88 bits per heavy atom. The molecule has 2 aliphatic rings. The highest BCUT2D eigenvalue weighted by molar-refractivity contribution is 7.12. The lowest BCUT2D eigenvalue weighted by Crippen LogP contribution is -2.44. The van der Waals surface area contributed by atoms with Crippen molar-refractivity contribution in [1.29, 1.82) is 0 Å². The minimum atomic E-state index is -0.0660. The number of likely N-dealkylation sites (N-methyl/N-ethyl adjacent to an activating group) is 1. The number of fused-ring (bicyclic) bond motifs is 3. The summed E-state index contributed by atoms with van der Waals surface area (Å²) < 4.78 is 0. The maximum absolute atomic E-state index is 12.6. The van der Waals surface area contributed by atoms with Crippen molar-refractivity contribution in [1.82, 2.24) is 19.8 Å². The second-order valence-corrected chi connectivity index (χ2v) is 11.8. The summed E-state index contributed by atoms with van der Waals surface area (Å²) in [5.41, 5.74) is 7.76. The zero-order chi connectivity index (χ0) is 27.5. The quantitative estimate of drug-likeness (QED) is 0.281. The third kappa shape index (κ3) is 5.94. The first-order valence-corrected chi connectivity index (χ1v) is 15.0. The molecule has 7 nitrogen and oxygen atoms in total. The zero-order valence-electron chi connectivity index (χ0n) is 23.2. The number of aromatic nitrogens is 2. The Bertz CT molecular complexity index is 1480. The van der Waals surface area contributed by atoms with Gasteiger partial charge >= 0.3 is 0 Å². The van der Waals surface area contributed by atoms with Gasteiger partial charge in [0.25, 0.3) is 5.91 Å². The topological polar surface area (TPSA) is 73.4 Å². The van der Waals surface area contributed by atoms with E-state index in [1.165, 1.54) is 28.0 Å². The van der Waals surface area contributed by atoms with Crippen LogP contribution in [0.15, 0.2) is 66.2 Å². The van der Waals surface area contributed by atoms with Crippen molar-refractivity contribution in [3.63, 3.8) is 0 Å². The highest BCUT2D eigenvalue weighted by atomic mass is 32.1. The van der Waals surface area contributed by atoms with Gasteiger partial charge in [0.15, 0.2) is 0 Å². The molecule has 1 saturated heterocycles. The average molecular weight is 553 g/mol. The summed E-state index contributed by atoms with van der Waals surface area (Å²) in [6.07, 6.45) is 3.91. The fourth-order valence-electron chi connectivity index (χ4n) is 5.63. The van der Waals surface area contributed by atoms with Crippen LogP contribution in [0.3, 0.4) is 0 Å². The molecule has 2 aromatic heterocycles. The number of carbonyl (C=O) groups excluding carboxylic acids is 1. The molecule has 0 saturated carbocycles. The van der Waals surface area contributed by atoms with Crippen LogP contribution in [0.25, 0.3) is 11.3 Å². The second kappa shape index (κ2) is 11.9. The van der Waals surface area contributed by atoms with Crippen molar-refractivity contribution in [3.8, 4) is 11.3 Å². The predicted octanol–water partition coefficient (Wildman–Crippen LogP) is 5.50. The molecule has 1 aliphatic carbocycles. The number of thiophene rings is 1. The lowest BCUT2D eigenvalue weighted by Gasteiger charge is -2.32. The Balaban J connectivity index is 1.12. The van der Waals surface area contributed by atoms with E-state index >= 15 is 0 Å². The van der Waals surface area contributed by atoms with Crippen LogP contribution in [0.5, 0.6) is 0 Å². The van der Waals surface area contributed by atoms with Crippen molar-refractivity contribution in [2.24, 2.45) is 0 Å². The van der Waals surface area contributed by atoms with Gasteiger partial charge in [-0.1, -0.05) is 36.4 Å². The van der Waals surface area contributed by atoms with Gasteiger partial charge in [0.05, 0.1) is 10.6 Å². The fraction of sp³-hybridized carbons (Fsp3) is 0.344. The first-order valence-electron chi connectivity index (χ1n) is 14.1. The van der Waals surface area contributed by atoms with E-state index in [0.717, 1.165) is 79.5 Å². The molecule has 1 atom stereocenters. The number of rotatable bonds is 8. The molecule has 0 radical (unpaired) electrons. The third-order valence-corrected chi connectivity index (χ3v) is 8.98. The van der Waals surface area contributed by atoms with Gasteiger partial charge in [-0.2, -0.15) is 0 Å². The van der Waals surface area contributed by atoms with E-state index < -0.39 is 0 Å². The number of anilines is 2. The lowest BCUT2D eigenvalue weighted by atomic mass is 9.78. The van der Waals surface area contributed by atoms with Gasteiger partial charge in [0.2, 0.25) is 5.95 Å². The number of nitrogens with one attached hydrogen (secondary N) is 2. The Morgan fingerprint density at radius 1 is 1.07 bits per heavy atom. The van der Waals surface area contributed by atoms with E-state index in [2.05, 4.69) is 68.9 Å². The standard InChI is InChI=1S/C32H36N6OS/c1-22-18-29(40-21-22)31(39)35-25-10-8-23(9-11-25)28-19-24-20-34-32(36-30(24)27-7-4-3-6-26(27)28)33-12-5-13-38-16-14-37(2)15-17-38/h3-4,6-11,18,20-21,28H,5,12-17,19H2,1-2H3,(H,35,39)(H,33,34,36). The summed E-state index contributed by atoms with van der Waals surface area (Å²) in [7, 11) is 2.19. The van der Waals surface area contributed by atoms with E-state index in [1.807, 2.05) is 36.7 Å². The molecule has 2 aromatic carbocycles. The summed E-state index contributed by atoms with van der Waals surface area (Å²) >= 11 is 1.47. The van der Waals surface area contributed by atoms with Crippen LogP contribution in [0.1, 0.15) is 44.3 Å². The summed E-state index contributed by atoms with van der Waals surface area (Å²) in [5, 5.41) is 8.48. The van der Waals surface area contributed by atoms with Gasteiger partial charge in [-0.3, -0.25) is 4.79 Å². The first-order chi connectivity index (χ1) is 19.5. The van der Waals surface area contributed by atoms with Gasteiger partial charge in [0.1, 0.15) is 0 Å². The van der Waals surface area contributed by atoms with Gasteiger partial charge in [-0.25, -0.2) is 9.97 Å². The maximum Gasteiger partial charge on any atom is 0.265 e. The highest BCUT2D eigenvalue weighted by Crippen LogP contribution is 2.42. The van der Waals surface area contributed by atoms with Crippen molar-refractivity contribution in [2.75, 3.05) is 56.9 Å².